The number of benzene rings is 2. The van der Waals surface area contributed by atoms with Crippen molar-refractivity contribution in [2.45, 2.75) is 31.1 Å². The smallest absolute Gasteiger partial charge is 0.246 e. The molecule has 1 amide bonds. The van der Waals surface area contributed by atoms with E-state index in [1.165, 1.54) is 0 Å². The Bertz CT molecular complexity index is 923. The van der Waals surface area contributed by atoms with Crippen molar-refractivity contribution < 1.29 is 13.2 Å². The number of nitrogens with one attached hydrogen (secondary N) is 1. The molecule has 3 rings (SSSR count). The van der Waals surface area contributed by atoms with Crippen LogP contribution < -0.4 is 10.2 Å². The third-order valence-corrected chi connectivity index (χ3v) is 7.12. The van der Waals surface area contributed by atoms with Crippen molar-refractivity contribution in [2.75, 3.05) is 36.9 Å². The summed E-state index contributed by atoms with van der Waals surface area (Å²) in [5, 5.41) is 3.06. The van der Waals surface area contributed by atoms with E-state index >= 15 is 0 Å². The fraction of sp³-hybridized carbons (Fsp3) is 0.381. The van der Waals surface area contributed by atoms with Gasteiger partial charge in [0.2, 0.25) is 15.9 Å². The summed E-state index contributed by atoms with van der Waals surface area (Å²) in [7, 11) is -1.79. The third-order valence-electron chi connectivity index (χ3n) is 5.08. The van der Waals surface area contributed by atoms with Gasteiger partial charge < -0.3 is 10.2 Å². The summed E-state index contributed by atoms with van der Waals surface area (Å²) in [4.78, 5) is 14.3. The number of piperidine rings is 1. The summed E-state index contributed by atoms with van der Waals surface area (Å²) in [6, 6.07) is 14.6. The maximum absolute atomic E-state index is 13.0. The highest BCUT2D eigenvalue weighted by Gasteiger charge is 2.27. The van der Waals surface area contributed by atoms with Crippen LogP contribution in [0.25, 0.3) is 0 Å². The van der Waals surface area contributed by atoms with Gasteiger partial charge in [-0.2, -0.15) is 4.31 Å². The Morgan fingerprint density at radius 1 is 1.07 bits per heavy atom. The Balaban J connectivity index is 1.72. The topological polar surface area (TPSA) is 69.7 Å². The number of hydrogen-bond acceptors (Lipinski definition) is 4. The first-order valence-corrected chi connectivity index (χ1v) is 11.0. The Morgan fingerprint density at radius 3 is 2.43 bits per heavy atom. The molecule has 6 nitrogen and oxygen atoms in total. The first kappa shape index (κ1) is 20.4. The Hall–Kier alpha value is -2.38. The van der Waals surface area contributed by atoms with E-state index in [-0.39, 0.29) is 12.5 Å². The van der Waals surface area contributed by atoms with E-state index in [0.717, 1.165) is 24.9 Å². The molecule has 0 radical (unpaired) electrons. The lowest BCUT2D eigenvalue weighted by Gasteiger charge is -2.26. The second-order valence-corrected chi connectivity index (χ2v) is 8.99. The van der Waals surface area contributed by atoms with Crippen LogP contribution in [0.1, 0.15) is 24.8 Å². The van der Waals surface area contributed by atoms with Crippen molar-refractivity contribution in [2.24, 2.45) is 0 Å². The number of hydrogen-bond donors (Lipinski definition) is 1. The minimum Gasteiger partial charge on any atom is -0.376 e. The van der Waals surface area contributed by atoms with Crippen LogP contribution in [0.4, 0.5) is 11.4 Å². The highest BCUT2D eigenvalue weighted by molar-refractivity contribution is 7.89. The molecule has 1 N–H and O–H groups in total. The number of aryl methyl sites for hydroxylation is 1. The molecule has 7 heteroatoms. The minimum atomic E-state index is -3.52. The predicted octanol–water partition coefficient (Wildman–Crippen LogP) is 3.24. The zero-order valence-corrected chi connectivity index (χ0v) is 17.2. The molecule has 0 spiro atoms. The lowest BCUT2D eigenvalue weighted by molar-refractivity contribution is -0.116. The largest absolute Gasteiger partial charge is 0.376 e. The molecule has 1 aliphatic heterocycles. The van der Waals surface area contributed by atoms with Crippen LogP contribution in [-0.2, 0) is 14.8 Å². The number of amides is 1. The molecule has 0 unspecified atom stereocenters. The van der Waals surface area contributed by atoms with Crippen LogP contribution in [0.2, 0.25) is 0 Å². The van der Waals surface area contributed by atoms with E-state index in [4.69, 9.17) is 0 Å². The molecular weight excluding hydrogens is 374 g/mol. The van der Waals surface area contributed by atoms with Gasteiger partial charge in [-0.15, -0.1) is 0 Å². The number of likely N-dealkylation sites (N-methyl/N-ethyl adjacent to an activating group) is 1. The van der Waals surface area contributed by atoms with Crippen LogP contribution in [0.15, 0.2) is 53.4 Å². The zero-order valence-electron chi connectivity index (χ0n) is 16.4. The standard InChI is InChI=1S/C21H27N3O3S/c1-17-11-12-18(15-20(17)28(26,27)24-13-7-4-8-14-24)22-16-21(25)23(2)19-9-5-3-6-10-19/h3,5-6,9-12,15,22H,4,7-8,13-14,16H2,1-2H3. The first-order valence-electron chi connectivity index (χ1n) is 9.56. The Labute approximate surface area is 167 Å². The van der Waals surface area contributed by atoms with Gasteiger partial charge in [0.1, 0.15) is 0 Å². The van der Waals surface area contributed by atoms with E-state index in [2.05, 4.69) is 5.32 Å². The molecule has 1 fully saturated rings. The first-order chi connectivity index (χ1) is 13.4. The molecule has 0 saturated carbocycles. The summed E-state index contributed by atoms with van der Waals surface area (Å²) in [6.07, 6.45) is 2.87. The molecule has 1 heterocycles. The van der Waals surface area contributed by atoms with Gasteiger partial charge in [-0.25, -0.2) is 8.42 Å². The average Bonchev–Trinajstić information content (AvgIpc) is 2.73. The lowest BCUT2D eigenvalue weighted by atomic mass is 10.2. The second kappa shape index (κ2) is 8.75. The van der Waals surface area contributed by atoms with E-state index in [9.17, 15) is 13.2 Å². The van der Waals surface area contributed by atoms with Crippen molar-refractivity contribution in [1.82, 2.24) is 4.31 Å². The average molecular weight is 402 g/mol. The van der Waals surface area contributed by atoms with Crippen LogP contribution in [0.3, 0.4) is 0 Å². The number of carbonyl (C=O) groups excluding carboxylic acids is 1. The third kappa shape index (κ3) is 4.54. The summed E-state index contributed by atoms with van der Waals surface area (Å²) >= 11 is 0. The number of sulfonamides is 1. The van der Waals surface area contributed by atoms with Gasteiger partial charge in [0, 0.05) is 31.5 Å². The highest BCUT2D eigenvalue weighted by atomic mass is 32.2. The van der Waals surface area contributed by atoms with E-state index in [1.54, 1.807) is 41.4 Å². The van der Waals surface area contributed by atoms with Gasteiger partial charge in [0.15, 0.2) is 0 Å². The zero-order chi connectivity index (χ0) is 20.1. The normalized spacial score (nSPS) is 15.2. The van der Waals surface area contributed by atoms with Gasteiger partial charge in [-0.1, -0.05) is 30.7 Å². The molecular formula is C21H27N3O3S. The molecule has 0 atom stereocenters. The van der Waals surface area contributed by atoms with Gasteiger partial charge in [0.25, 0.3) is 0 Å². The fourth-order valence-corrected chi connectivity index (χ4v) is 5.09. The SMILES string of the molecule is Cc1ccc(NCC(=O)N(C)c2ccccc2)cc1S(=O)(=O)N1CCCCC1. The predicted molar refractivity (Wildman–Crippen MR) is 112 cm³/mol. The van der Waals surface area contributed by atoms with Crippen LogP contribution >= 0.6 is 0 Å². The van der Waals surface area contributed by atoms with Crippen molar-refractivity contribution in [3.05, 3.63) is 54.1 Å². The molecule has 1 aliphatic rings. The second-order valence-electron chi connectivity index (χ2n) is 7.09. The van der Waals surface area contributed by atoms with E-state index in [1.807, 2.05) is 30.3 Å². The number of nitrogens with zero attached hydrogens (tertiary/aromatic N) is 2. The molecule has 28 heavy (non-hydrogen) atoms. The summed E-state index contributed by atoms with van der Waals surface area (Å²) < 4.78 is 27.6. The molecule has 2 aromatic rings. The van der Waals surface area contributed by atoms with Crippen molar-refractivity contribution >= 4 is 27.3 Å². The van der Waals surface area contributed by atoms with Gasteiger partial charge in [0.05, 0.1) is 11.4 Å². The highest BCUT2D eigenvalue weighted by Crippen LogP contribution is 2.26. The number of rotatable bonds is 6. The molecule has 2 aromatic carbocycles. The van der Waals surface area contributed by atoms with Crippen LogP contribution in [0, 0.1) is 6.92 Å². The van der Waals surface area contributed by atoms with Crippen molar-refractivity contribution in [3.63, 3.8) is 0 Å². The van der Waals surface area contributed by atoms with Gasteiger partial charge in [-0.3, -0.25) is 4.79 Å². The molecule has 0 aromatic heterocycles. The maximum atomic E-state index is 13.0. The number of para-hydroxylation sites is 1. The van der Waals surface area contributed by atoms with E-state index in [0.29, 0.717) is 29.2 Å². The maximum Gasteiger partial charge on any atom is 0.246 e. The number of anilines is 2. The molecule has 0 bridgehead atoms. The van der Waals surface area contributed by atoms with Crippen molar-refractivity contribution in [1.29, 1.82) is 0 Å². The summed E-state index contributed by atoms with van der Waals surface area (Å²) in [6.45, 7) is 3.02. The van der Waals surface area contributed by atoms with Crippen LogP contribution in [0.5, 0.6) is 0 Å². The summed E-state index contributed by atoms with van der Waals surface area (Å²) in [5.41, 5.74) is 2.14. The Kier molecular flexibility index (Phi) is 6.36. The fourth-order valence-electron chi connectivity index (χ4n) is 3.32. The monoisotopic (exact) mass is 401 g/mol. The lowest BCUT2D eigenvalue weighted by Crippen LogP contribution is -2.36. The number of carbonyl (C=O) groups is 1. The molecule has 150 valence electrons. The van der Waals surface area contributed by atoms with E-state index < -0.39 is 10.0 Å². The quantitative estimate of drug-likeness (QED) is 0.807. The molecule has 0 aliphatic carbocycles. The van der Waals surface area contributed by atoms with Gasteiger partial charge >= 0.3 is 0 Å². The van der Waals surface area contributed by atoms with Crippen LogP contribution in [-0.4, -0.2) is 45.3 Å². The van der Waals surface area contributed by atoms with Gasteiger partial charge in [-0.05, 0) is 49.6 Å². The Morgan fingerprint density at radius 2 is 1.75 bits per heavy atom. The minimum absolute atomic E-state index is 0.0810. The van der Waals surface area contributed by atoms with Crippen molar-refractivity contribution in [3.8, 4) is 0 Å². The summed E-state index contributed by atoms with van der Waals surface area (Å²) in [5.74, 6) is -0.104. The molecule has 1 saturated heterocycles.